The third kappa shape index (κ3) is 14.2. The Kier molecular flexibility index (Phi) is 18.2. The molecule has 0 spiro atoms. The second-order valence-corrected chi connectivity index (χ2v) is 36.7. The van der Waals surface area contributed by atoms with Gasteiger partial charge in [-0.2, -0.15) is 0 Å². The van der Waals surface area contributed by atoms with E-state index in [0.717, 1.165) is 179 Å². The number of nitrogens with one attached hydrogen (secondary N) is 4. The lowest BCUT2D eigenvalue weighted by Gasteiger charge is -2.26. The molecule has 6 aromatic heterocycles. The number of aryl methyl sites for hydroxylation is 8. The Balaban J connectivity index is 0.941. The normalized spacial score (nSPS) is 12.9. The molecule has 0 saturated heterocycles. The molecule has 0 atom stereocenters. The number of nitrogens with zero attached hydrogens (tertiary/aromatic N) is 4. The molecule has 4 aliphatic heterocycles. The molecule has 566 valence electrons. The van der Waals surface area contributed by atoms with Crippen LogP contribution in [0, 0.1) is 55.4 Å². The van der Waals surface area contributed by atoms with Crippen LogP contribution in [-0.2, 0) is 21.7 Å². The van der Waals surface area contributed by atoms with Crippen molar-refractivity contribution in [1.82, 2.24) is 39.9 Å². The number of aromatic amines is 4. The standard InChI is InChI=1S/C106H102N8/c1-59-41-60(2)46-69(45-59)97-83-29-25-79(107-83)95(80-26-30-84(108-80)98(70-47-61(3)42-62(4)48-70)88-34-38-92(112-88)101(91-37-33-87(97)111-91)73-53-75(103(9,10)11)57-76(54-73)104(12,13)14)67-21-23-68(24-22-67)96-81-27-31-85(109-81)99(71-49-63(5)43-64(6)50-71)89-35-39-93(113-89)102(74-55-77(105(15,16)17)58-78(56-74)106(18,19)20)94-40-36-90(114-94)100(86-32-28-82(96)110-86)72-51-65(7)44-66(8)52-72/h21-58,107,109,112,114H,1-20H3. The van der Waals surface area contributed by atoms with E-state index in [4.69, 9.17) is 19.9 Å². The minimum Gasteiger partial charge on any atom is -0.354 e. The van der Waals surface area contributed by atoms with Crippen LogP contribution in [0.5, 0.6) is 0 Å². The SMILES string of the molecule is Cc1cc(C)cc(-c2c3nc(c(-c4cc(C(C)(C)C)cc(C(C)(C)C)c4)c4ccc([nH]4)c(-c4cc(C)cc(C)c4)c4nc(c(-c5ccc(-c6c7nc(c(-c8cc(C)cc(C)c8)c8ccc([nH]8)c(-c8cc(C(C)(C)C)cc(C(C)(C)C)c8)c8nc(c(-c9cc(C)cc(C)c9)c9ccc6[nH]9)C=C8)C=C7)cc5)c5ccc2[nH]5)C=C4)C=C3)c1. The highest BCUT2D eigenvalue weighted by Crippen LogP contribution is 2.46. The Morgan fingerprint density at radius 2 is 0.325 bits per heavy atom. The summed E-state index contributed by atoms with van der Waals surface area (Å²) >= 11 is 0. The summed E-state index contributed by atoms with van der Waals surface area (Å²) < 4.78 is 0. The van der Waals surface area contributed by atoms with E-state index < -0.39 is 0 Å². The van der Waals surface area contributed by atoms with Gasteiger partial charge in [0.2, 0.25) is 0 Å². The number of benzene rings is 7. The predicted molar refractivity (Wildman–Crippen MR) is 487 cm³/mol. The Morgan fingerprint density at radius 1 is 0.175 bits per heavy atom. The van der Waals surface area contributed by atoms with Gasteiger partial charge in [0.15, 0.2) is 0 Å². The molecule has 7 aromatic carbocycles. The molecule has 114 heavy (non-hydrogen) atoms. The summed E-state index contributed by atoms with van der Waals surface area (Å²) in [7, 11) is 0. The largest absolute Gasteiger partial charge is 0.354 e. The zero-order valence-electron chi connectivity index (χ0n) is 69.7. The molecular formula is C106H102N8. The first-order chi connectivity index (χ1) is 54.2. The highest BCUT2D eigenvalue weighted by atomic mass is 14.8. The summed E-state index contributed by atoms with van der Waals surface area (Å²) in [6.07, 6.45) is 17.7. The van der Waals surface area contributed by atoms with Crippen molar-refractivity contribution in [2.75, 3.05) is 0 Å². The van der Waals surface area contributed by atoms with Gasteiger partial charge in [-0.1, -0.05) is 261 Å². The van der Waals surface area contributed by atoms with E-state index in [-0.39, 0.29) is 21.7 Å². The van der Waals surface area contributed by atoms with Crippen LogP contribution in [-0.4, -0.2) is 39.9 Å². The molecule has 8 nitrogen and oxygen atoms in total. The highest BCUT2D eigenvalue weighted by Gasteiger charge is 2.29. The van der Waals surface area contributed by atoms with Gasteiger partial charge in [-0.3, -0.25) is 0 Å². The van der Waals surface area contributed by atoms with Crippen LogP contribution in [0.4, 0.5) is 0 Å². The molecule has 0 amide bonds. The van der Waals surface area contributed by atoms with Crippen molar-refractivity contribution in [2.45, 2.75) is 160 Å². The van der Waals surface area contributed by atoms with Gasteiger partial charge in [0.25, 0.3) is 0 Å². The van der Waals surface area contributed by atoms with E-state index in [1.807, 2.05) is 0 Å². The van der Waals surface area contributed by atoms with E-state index >= 15 is 0 Å². The monoisotopic (exact) mass is 1490 g/mol. The fraction of sp³-hybridized carbons (Fsp3) is 0.226. The second kappa shape index (κ2) is 27.8. The zero-order chi connectivity index (χ0) is 79.9. The Labute approximate surface area is 671 Å². The summed E-state index contributed by atoms with van der Waals surface area (Å²) in [5, 5.41) is 0. The first-order valence-electron chi connectivity index (χ1n) is 40.3. The molecule has 0 radical (unpaired) electrons. The number of hydrogen-bond donors (Lipinski definition) is 4. The average molecular weight is 1490 g/mol. The van der Waals surface area contributed by atoms with Crippen molar-refractivity contribution in [3.05, 3.63) is 294 Å². The van der Waals surface area contributed by atoms with Gasteiger partial charge >= 0.3 is 0 Å². The quantitative estimate of drug-likeness (QED) is 0.121. The van der Waals surface area contributed by atoms with Crippen molar-refractivity contribution >= 4 is 92.7 Å². The summed E-state index contributed by atoms with van der Waals surface area (Å²) in [4.78, 5) is 39.6. The molecule has 0 aliphatic carbocycles. The number of H-pyrrole nitrogens is 4. The topological polar surface area (TPSA) is 115 Å². The molecule has 0 fully saturated rings. The summed E-state index contributed by atoms with van der Waals surface area (Å²) in [5.74, 6) is 0. The lowest BCUT2D eigenvalue weighted by molar-refractivity contribution is 0.568. The van der Waals surface area contributed by atoms with Gasteiger partial charge in [-0.25, -0.2) is 19.9 Å². The maximum absolute atomic E-state index is 5.83. The van der Waals surface area contributed by atoms with Crippen LogP contribution in [0.25, 0.3) is 182 Å². The van der Waals surface area contributed by atoms with Gasteiger partial charge in [0.05, 0.1) is 45.6 Å². The van der Waals surface area contributed by atoms with Gasteiger partial charge in [-0.15, -0.1) is 0 Å². The van der Waals surface area contributed by atoms with E-state index in [2.05, 4.69) is 389 Å². The first kappa shape index (κ1) is 74.5. The lowest BCUT2D eigenvalue weighted by Crippen LogP contribution is -2.16. The smallest absolute Gasteiger partial charge is 0.0737 e. The Morgan fingerprint density at radius 3 is 0.482 bits per heavy atom. The molecule has 8 heteroatoms. The van der Waals surface area contributed by atoms with Gasteiger partial charge in [0, 0.05) is 88.6 Å². The van der Waals surface area contributed by atoms with Crippen LogP contribution in [0.3, 0.4) is 0 Å². The summed E-state index contributed by atoms with van der Waals surface area (Å²) in [6.45, 7) is 45.2. The van der Waals surface area contributed by atoms with Crippen molar-refractivity contribution in [3.8, 4) is 89.0 Å². The fourth-order valence-corrected chi connectivity index (χ4v) is 17.4. The van der Waals surface area contributed by atoms with E-state index in [1.54, 1.807) is 0 Å². The van der Waals surface area contributed by atoms with Crippen molar-refractivity contribution < 1.29 is 0 Å². The molecule has 16 bridgehead atoms. The van der Waals surface area contributed by atoms with Crippen LogP contribution in [0.1, 0.15) is 195 Å². The molecule has 17 rings (SSSR count). The molecule has 13 aromatic rings. The van der Waals surface area contributed by atoms with Gasteiger partial charge < -0.3 is 19.9 Å². The molecule has 4 N–H and O–H groups in total. The lowest BCUT2D eigenvalue weighted by atomic mass is 9.78. The van der Waals surface area contributed by atoms with Crippen molar-refractivity contribution in [1.29, 1.82) is 0 Å². The van der Waals surface area contributed by atoms with Crippen molar-refractivity contribution in [3.63, 3.8) is 0 Å². The van der Waals surface area contributed by atoms with E-state index in [9.17, 15) is 0 Å². The van der Waals surface area contributed by atoms with Crippen molar-refractivity contribution in [2.24, 2.45) is 0 Å². The summed E-state index contributed by atoms with van der Waals surface area (Å²) in [5.41, 5.74) is 45.2. The van der Waals surface area contributed by atoms with E-state index in [1.165, 1.54) is 66.8 Å². The maximum atomic E-state index is 5.83. The number of aromatic nitrogens is 8. The number of rotatable bonds is 8. The number of hydrogen-bond acceptors (Lipinski definition) is 4. The van der Waals surface area contributed by atoms with Gasteiger partial charge in [0.1, 0.15) is 0 Å². The minimum atomic E-state index is -0.119. The molecule has 4 aliphatic rings. The highest BCUT2D eigenvalue weighted by molar-refractivity contribution is 6.04. The molecule has 0 unspecified atom stereocenters. The number of fused-ring (bicyclic) bond motifs is 16. The second-order valence-electron chi connectivity index (χ2n) is 36.7. The third-order valence-corrected chi connectivity index (χ3v) is 22.9. The Bertz CT molecular complexity index is 6060. The zero-order valence-corrected chi connectivity index (χ0v) is 69.7. The van der Waals surface area contributed by atoms with Gasteiger partial charge in [-0.05, 0) is 241 Å². The van der Waals surface area contributed by atoms with Crippen LogP contribution < -0.4 is 0 Å². The minimum absolute atomic E-state index is 0.119. The molecule has 10 heterocycles. The predicted octanol–water partition coefficient (Wildman–Crippen LogP) is 28.6. The van der Waals surface area contributed by atoms with Crippen LogP contribution in [0.2, 0.25) is 0 Å². The van der Waals surface area contributed by atoms with Crippen LogP contribution in [0.15, 0.2) is 182 Å². The average Bonchev–Trinajstić information content (AvgIpc) is 1.54. The maximum Gasteiger partial charge on any atom is 0.0737 e. The third-order valence-electron chi connectivity index (χ3n) is 22.9. The molecule has 0 saturated carbocycles. The van der Waals surface area contributed by atoms with Crippen LogP contribution >= 0.6 is 0 Å². The molecular weight excluding hydrogens is 1390 g/mol. The summed E-state index contributed by atoms with van der Waals surface area (Å²) in [6, 6.07) is 68.7. The first-order valence-corrected chi connectivity index (χ1v) is 40.3. The van der Waals surface area contributed by atoms with E-state index in [0.29, 0.717) is 0 Å². The Hall–Kier alpha value is -12.3. The fourth-order valence-electron chi connectivity index (χ4n) is 17.4.